The molecule has 1 aliphatic carbocycles. The van der Waals surface area contributed by atoms with E-state index in [-0.39, 0.29) is 6.10 Å². The van der Waals surface area contributed by atoms with Gasteiger partial charge in [-0.3, -0.25) is 14.7 Å². The Kier molecular flexibility index (Phi) is 13.1. The molecule has 4 rings (SSSR count). The Hall–Kier alpha value is -3.13. The third kappa shape index (κ3) is 8.93. The summed E-state index contributed by atoms with van der Waals surface area (Å²) >= 11 is 0. The molecule has 2 heterocycles. The molecule has 8 heteroatoms. The summed E-state index contributed by atoms with van der Waals surface area (Å²) in [7, 11) is 3.77. The number of rotatable bonds is 11. The van der Waals surface area contributed by atoms with Crippen molar-refractivity contribution in [2.75, 3.05) is 32.6 Å². The summed E-state index contributed by atoms with van der Waals surface area (Å²) < 4.78 is 13.3. The predicted octanol–water partition coefficient (Wildman–Crippen LogP) is 8.48. The van der Waals surface area contributed by atoms with E-state index in [0.717, 1.165) is 59.9 Å². The molecule has 0 aliphatic heterocycles. The number of aryl methyl sites for hydroxylation is 1. The Morgan fingerprint density at radius 3 is 2.43 bits per heavy atom. The summed E-state index contributed by atoms with van der Waals surface area (Å²) in [5.41, 5.74) is 4.35. The highest BCUT2D eigenvalue weighted by molar-refractivity contribution is 5.89. The normalized spacial score (nSPS) is 17.5. The molecule has 2 aromatic heterocycles. The molecule has 1 N–H and O–H groups in total. The lowest BCUT2D eigenvalue weighted by Gasteiger charge is -2.25. The summed E-state index contributed by atoms with van der Waals surface area (Å²) in [5.74, 6) is 2.90. The number of methoxy groups -OCH3 is 1. The van der Waals surface area contributed by atoms with Crippen LogP contribution in [0, 0.1) is 12.8 Å². The van der Waals surface area contributed by atoms with Gasteiger partial charge >= 0.3 is 6.09 Å². The fourth-order valence-corrected chi connectivity index (χ4v) is 5.83. The molecule has 0 spiro atoms. The molecule has 3 aromatic rings. The minimum Gasteiger partial charge on any atom is -0.495 e. The topological polar surface area (TPSA) is 81.0 Å². The van der Waals surface area contributed by atoms with Crippen LogP contribution in [-0.4, -0.2) is 58.7 Å². The van der Waals surface area contributed by atoms with Gasteiger partial charge in [0.25, 0.3) is 0 Å². The van der Waals surface area contributed by atoms with Gasteiger partial charge in [0.15, 0.2) is 0 Å². The van der Waals surface area contributed by atoms with Crippen molar-refractivity contribution in [3.63, 3.8) is 0 Å². The van der Waals surface area contributed by atoms with Crippen LogP contribution in [0.1, 0.15) is 103 Å². The third-order valence-electron chi connectivity index (χ3n) is 8.07. The maximum absolute atomic E-state index is 12.3. The molecule has 0 bridgehead atoms. The SMILES string of the molecule is CCCC(C)OC(=O)Nc1ccc(-c2nc(C3CCC(C)CC3)n3ccnc(C)c23)cc1OC.CCCN(C)CCC. The highest BCUT2D eigenvalue weighted by Crippen LogP contribution is 2.39. The van der Waals surface area contributed by atoms with E-state index in [1.54, 1.807) is 7.11 Å². The molecule has 1 saturated carbocycles. The zero-order valence-electron chi connectivity index (χ0n) is 27.2. The van der Waals surface area contributed by atoms with E-state index in [1.165, 1.54) is 38.8 Å². The first-order chi connectivity index (χ1) is 20.2. The first-order valence-corrected chi connectivity index (χ1v) is 15.9. The van der Waals surface area contributed by atoms with Crippen molar-refractivity contribution >= 4 is 17.3 Å². The van der Waals surface area contributed by atoms with Crippen molar-refractivity contribution < 1.29 is 14.3 Å². The number of carbonyl (C=O) groups excluding carboxylic acids is 1. The standard InChI is InChI=1S/C27H36N4O3.C7H17N/c1-6-7-18(3)34-27(32)29-22-13-12-21(16-23(22)33-5)24-25-19(4)28-14-15-31(25)26(30-24)20-10-8-17(2)9-11-20;1-4-6-8(3)7-5-2/h12-18,20H,6-11H2,1-5H3,(H,29,32);4-7H2,1-3H3. The number of hydrogen-bond acceptors (Lipinski definition) is 6. The molecule has 232 valence electrons. The molecule has 1 aliphatic rings. The average molecular weight is 580 g/mol. The van der Waals surface area contributed by atoms with Gasteiger partial charge in [0.05, 0.1) is 29.7 Å². The highest BCUT2D eigenvalue weighted by Gasteiger charge is 2.26. The molecule has 8 nitrogen and oxygen atoms in total. The van der Waals surface area contributed by atoms with Crippen molar-refractivity contribution in [1.82, 2.24) is 19.3 Å². The second kappa shape index (κ2) is 16.5. The van der Waals surface area contributed by atoms with Gasteiger partial charge in [0.1, 0.15) is 17.7 Å². The van der Waals surface area contributed by atoms with Crippen LogP contribution < -0.4 is 10.1 Å². The molecule has 1 aromatic carbocycles. The summed E-state index contributed by atoms with van der Waals surface area (Å²) in [5, 5.41) is 2.81. The number of aromatic nitrogens is 3. The number of anilines is 1. The van der Waals surface area contributed by atoms with Gasteiger partial charge in [0.2, 0.25) is 0 Å². The molecule has 1 atom stereocenters. The predicted molar refractivity (Wildman–Crippen MR) is 173 cm³/mol. The number of amides is 1. The van der Waals surface area contributed by atoms with Gasteiger partial charge in [-0.25, -0.2) is 9.78 Å². The zero-order valence-corrected chi connectivity index (χ0v) is 27.2. The van der Waals surface area contributed by atoms with Crippen LogP contribution in [0.25, 0.3) is 16.8 Å². The van der Waals surface area contributed by atoms with Gasteiger partial charge in [-0.1, -0.05) is 53.0 Å². The van der Waals surface area contributed by atoms with Crippen molar-refractivity contribution in [3.8, 4) is 17.0 Å². The Balaban J connectivity index is 0.000000531. The lowest BCUT2D eigenvalue weighted by Crippen LogP contribution is -2.20. The minimum atomic E-state index is -0.478. The maximum atomic E-state index is 12.3. The molecule has 42 heavy (non-hydrogen) atoms. The summed E-state index contributed by atoms with van der Waals surface area (Å²) in [6, 6.07) is 5.74. The number of ether oxygens (including phenoxy) is 2. The summed E-state index contributed by atoms with van der Waals surface area (Å²) in [6.07, 6.45) is 12.4. The maximum Gasteiger partial charge on any atom is 0.412 e. The highest BCUT2D eigenvalue weighted by atomic mass is 16.6. The van der Waals surface area contributed by atoms with Crippen molar-refractivity contribution in [3.05, 3.63) is 42.1 Å². The van der Waals surface area contributed by atoms with Crippen LogP contribution in [0.5, 0.6) is 5.75 Å². The Morgan fingerprint density at radius 2 is 1.81 bits per heavy atom. The van der Waals surface area contributed by atoms with Gasteiger partial charge in [-0.2, -0.15) is 0 Å². The van der Waals surface area contributed by atoms with Crippen LogP contribution in [0.2, 0.25) is 0 Å². The number of hydrogen-bond donors (Lipinski definition) is 1. The van der Waals surface area contributed by atoms with E-state index in [9.17, 15) is 4.79 Å². The molecule has 1 unspecified atom stereocenters. The van der Waals surface area contributed by atoms with E-state index in [0.29, 0.717) is 17.4 Å². The quantitative estimate of drug-likeness (QED) is 0.245. The van der Waals surface area contributed by atoms with Crippen LogP contribution in [0.4, 0.5) is 10.5 Å². The Labute approximate surface area is 253 Å². The molecule has 1 amide bonds. The van der Waals surface area contributed by atoms with Crippen molar-refractivity contribution in [1.29, 1.82) is 0 Å². The zero-order chi connectivity index (χ0) is 30.6. The number of benzene rings is 1. The monoisotopic (exact) mass is 579 g/mol. The van der Waals surface area contributed by atoms with E-state index in [1.807, 2.05) is 44.4 Å². The van der Waals surface area contributed by atoms with Gasteiger partial charge < -0.3 is 14.4 Å². The first-order valence-electron chi connectivity index (χ1n) is 15.9. The van der Waals surface area contributed by atoms with Gasteiger partial charge in [-0.05, 0) is 84.1 Å². The summed E-state index contributed by atoms with van der Waals surface area (Å²) in [4.78, 5) is 24.4. The first kappa shape index (κ1) is 33.4. The fraction of sp³-hybridized carbons (Fsp3) is 0.618. The van der Waals surface area contributed by atoms with Crippen molar-refractivity contribution in [2.24, 2.45) is 5.92 Å². The van der Waals surface area contributed by atoms with Crippen LogP contribution >= 0.6 is 0 Å². The molecular weight excluding hydrogens is 526 g/mol. The summed E-state index contributed by atoms with van der Waals surface area (Å²) in [6.45, 7) is 15.2. The number of fused-ring (bicyclic) bond motifs is 1. The van der Waals surface area contributed by atoms with E-state index in [2.05, 4.69) is 54.3 Å². The van der Waals surface area contributed by atoms with Crippen LogP contribution in [-0.2, 0) is 4.74 Å². The van der Waals surface area contributed by atoms with Crippen LogP contribution in [0.15, 0.2) is 30.6 Å². The lowest BCUT2D eigenvalue weighted by molar-refractivity contribution is 0.115. The fourth-order valence-electron chi connectivity index (χ4n) is 5.83. The second-order valence-electron chi connectivity index (χ2n) is 11.9. The lowest BCUT2D eigenvalue weighted by atomic mass is 9.82. The van der Waals surface area contributed by atoms with Gasteiger partial charge in [-0.15, -0.1) is 0 Å². The number of imidazole rings is 1. The van der Waals surface area contributed by atoms with Gasteiger partial charge in [0, 0.05) is 23.9 Å². The minimum absolute atomic E-state index is 0.135. The molecule has 1 fully saturated rings. The molecular formula is C34H53N5O3. The van der Waals surface area contributed by atoms with E-state index in [4.69, 9.17) is 14.5 Å². The Bertz CT molecular complexity index is 1260. The number of nitrogens with one attached hydrogen (secondary N) is 1. The number of carbonyl (C=O) groups is 1. The average Bonchev–Trinajstić information content (AvgIpc) is 3.35. The number of nitrogens with zero attached hydrogens (tertiary/aromatic N) is 4. The van der Waals surface area contributed by atoms with Crippen molar-refractivity contribution in [2.45, 2.75) is 105 Å². The second-order valence-corrected chi connectivity index (χ2v) is 11.9. The largest absolute Gasteiger partial charge is 0.495 e. The van der Waals surface area contributed by atoms with E-state index < -0.39 is 6.09 Å². The molecule has 0 saturated heterocycles. The van der Waals surface area contributed by atoms with Crippen LogP contribution in [0.3, 0.4) is 0 Å². The third-order valence-corrected chi connectivity index (χ3v) is 8.07. The Morgan fingerprint density at radius 1 is 1.12 bits per heavy atom. The molecule has 0 radical (unpaired) electrons. The van der Waals surface area contributed by atoms with E-state index >= 15 is 0 Å². The smallest absolute Gasteiger partial charge is 0.412 e.